The van der Waals surface area contributed by atoms with Crippen molar-refractivity contribution in [1.82, 2.24) is 9.55 Å². The van der Waals surface area contributed by atoms with Crippen molar-refractivity contribution in [2.45, 2.75) is 25.3 Å². The minimum absolute atomic E-state index is 0.382. The molecule has 0 fully saturated rings. The molecule has 4 nitrogen and oxygen atoms in total. The van der Waals surface area contributed by atoms with Crippen LogP contribution in [0.15, 0.2) is 10.9 Å². The number of fused-ring (bicyclic) bond motifs is 1. The zero-order valence-corrected chi connectivity index (χ0v) is 8.49. The number of nitrogens with zero attached hydrogens (tertiary/aromatic N) is 2. The number of rotatable bonds is 1. The van der Waals surface area contributed by atoms with Gasteiger partial charge in [-0.1, -0.05) is 0 Å². The predicted octanol–water partition coefficient (Wildman–Crippen LogP) is 1.61. The lowest BCUT2D eigenvalue weighted by molar-refractivity contribution is -0.139. The van der Waals surface area contributed by atoms with Crippen LogP contribution < -0.4 is 0 Å². The Morgan fingerprint density at radius 3 is 3.23 bits per heavy atom. The van der Waals surface area contributed by atoms with Gasteiger partial charge in [-0.3, -0.25) is 4.79 Å². The van der Waals surface area contributed by atoms with Crippen LogP contribution in [-0.4, -0.2) is 20.6 Å². The molecular weight excluding hydrogens is 236 g/mol. The molecule has 1 atom stereocenters. The first-order valence-electron chi connectivity index (χ1n) is 4.14. The molecular formula is C8H9BrN2O2. The molecule has 2 rings (SSSR count). The second-order valence-corrected chi connectivity index (χ2v) is 3.85. The fourth-order valence-electron chi connectivity index (χ4n) is 1.72. The monoisotopic (exact) mass is 244 g/mol. The van der Waals surface area contributed by atoms with Crippen molar-refractivity contribution in [1.29, 1.82) is 0 Å². The van der Waals surface area contributed by atoms with Crippen LogP contribution in [0.2, 0.25) is 0 Å². The van der Waals surface area contributed by atoms with E-state index in [0.29, 0.717) is 6.42 Å². The molecule has 0 saturated heterocycles. The molecule has 5 heteroatoms. The molecule has 0 radical (unpaired) electrons. The molecule has 13 heavy (non-hydrogen) atoms. The van der Waals surface area contributed by atoms with Crippen LogP contribution >= 0.6 is 15.9 Å². The molecule has 1 aliphatic rings. The molecule has 0 spiro atoms. The number of hydrogen-bond acceptors (Lipinski definition) is 2. The fourth-order valence-corrected chi connectivity index (χ4v) is 2.20. The summed E-state index contributed by atoms with van der Waals surface area (Å²) in [6.45, 7) is 0.861. The second-order valence-electron chi connectivity index (χ2n) is 3.14. The Kier molecular flexibility index (Phi) is 2.11. The van der Waals surface area contributed by atoms with E-state index in [9.17, 15) is 4.79 Å². The summed E-state index contributed by atoms with van der Waals surface area (Å²) in [4.78, 5) is 14.9. The Morgan fingerprint density at radius 1 is 1.77 bits per heavy atom. The quantitative estimate of drug-likeness (QED) is 0.817. The van der Waals surface area contributed by atoms with Crippen LogP contribution in [0.25, 0.3) is 0 Å². The summed E-state index contributed by atoms with van der Waals surface area (Å²) >= 11 is 3.29. The molecule has 1 N–H and O–H groups in total. The van der Waals surface area contributed by atoms with Gasteiger partial charge in [0.15, 0.2) is 4.73 Å². The van der Waals surface area contributed by atoms with E-state index in [1.165, 1.54) is 0 Å². The van der Waals surface area contributed by atoms with E-state index in [2.05, 4.69) is 20.9 Å². The Labute approximate surface area is 83.7 Å². The van der Waals surface area contributed by atoms with Crippen molar-refractivity contribution in [2.75, 3.05) is 0 Å². The third kappa shape index (κ3) is 1.37. The first kappa shape index (κ1) is 8.74. The first-order chi connectivity index (χ1) is 6.20. The molecule has 0 aromatic carbocycles. The summed E-state index contributed by atoms with van der Waals surface area (Å²) < 4.78 is 2.65. The van der Waals surface area contributed by atoms with Gasteiger partial charge >= 0.3 is 5.97 Å². The van der Waals surface area contributed by atoms with Gasteiger partial charge in [-0.25, -0.2) is 4.98 Å². The minimum Gasteiger partial charge on any atom is -0.481 e. The Bertz CT molecular complexity index is 348. The number of aromatic nitrogens is 2. The standard InChI is InChI=1S/C8H9BrN2O2/c9-8-10-4-6-5(7(12)13)2-1-3-11(6)8/h4-5H,1-3H2,(H,12,13). The van der Waals surface area contributed by atoms with Gasteiger partial charge in [0.2, 0.25) is 0 Å². The molecule has 0 bridgehead atoms. The molecule has 1 aromatic heterocycles. The Hall–Kier alpha value is -0.840. The molecule has 0 saturated carbocycles. The highest BCUT2D eigenvalue weighted by atomic mass is 79.9. The summed E-state index contributed by atoms with van der Waals surface area (Å²) in [5.74, 6) is -1.14. The number of aliphatic carboxylic acids is 1. The highest BCUT2D eigenvalue weighted by Crippen LogP contribution is 2.29. The van der Waals surface area contributed by atoms with Gasteiger partial charge in [0, 0.05) is 6.54 Å². The molecule has 1 unspecified atom stereocenters. The van der Waals surface area contributed by atoms with E-state index < -0.39 is 5.97 Å². The van der Waals surface area contributed by atoms with E-state index >= 15 is 0 Å². The SMILES string of the molecule is O=C(O)C1CCCn2c1cnc2Br. The third-order valence-corrected chi connectivity index (χ3v) is 3.00. The van der Waals surface area contributed by atoms with Gasteiger partial charge < -0.3 is 9.67 Å². The molecule has 0 aliphatic carbocycles. The lowest BCUT2D eigenvalue weighted by Gasteiger charge is -2.20. The molecule has 1 aliphatic heterocycles. The van der Waals surface area contributed by atoms with Gasteiger partial charge in [0.05, 0.1) is 17.8 Å². The largest absolute Gasteiger partial charge is 0.481 e. The first-order valence-corrected chi connectivity index (χ1v) is 4.93. The highest BCUT2D eigenvalue weighted by Gasteiger charge is 2.27. The summed E-state index contributed by atoms with van der Waals surface area (Å²) in [6.07, 6.45) is 3.26. The van der Waals surface area contributed by atoms with E-state index in [4.69, 9.17) is 5.11 Å². The molecule has 1 aromatic rings. The summed E-state index contributed by atoms with van der Waals surface area (Å²) in [6, 6.07) is 0. The zero-order valence-electron chi connectivity index (χ0n) is 6.90. The average molecular weight is 245 g/mol. The predicted molar refractivity (Wildman–Crippen MR) is 49.5 cm³/mol. The molecule has 0 amide bonds. The van der Waals surface area contributed by atoms with Crippen LogP contribution in [0.3, 0.4) is 0 Å². The average Bonchev–Trinajstić information content (AvgIpc) is 2.48. The highest BCUT2D eigenvalue weighted by molar-refractivity contribution is 9.10. The Morgan fingerprint density at radius 2 is 2.54 bits per heavy atom. The van der Waals surface area contributed by atoms with Crippen LogP contribution in [0.1, 0.15) is 24.5 Å². The van der Waals surface area contributed by atoms with Crippen molar-refractivity contribution in [2.24, 2.45) is 0 Å². The van der Waals surface area contributed by atoms with E-state index in [1.54, 1.807) is 6.20 Å². The normalized spacial score (nSPS) is 21.2. The third-order valence-electron chi connectivity index (χ3n) is 2.37. The van der Waals surface area contributed by atoms with Gasteiger partial charge in [0.1, 0.15) is 0 Å². The summed E-state index contributed by atoms with van der Waals surface area (Å²) in [7, 11) is 0. The van der Waals surface area contributed by atoms with Crippen molar-refractivity contribution in [3.05, 3.63) is 16.6 Å². The number of carbonyl (C=O) groups is 1. The van der Waals surface area contributed by atoms with E-state index in [0.717, 1.165) is 23.4 Å². The zero-order chi connectivity index (χ0) is 9.42. The lowest BCUT2D eigenvalue weighted by Crippen LogP contribution is -2.21. The van der Waals surface area contributed by atoms with Crippen LogP contribution in [-0.2, 0) is 11.3 Å². The maximum atomic E-state index is 10.9. The molecule has 70 valence electrons. The van der Waals surface area contributed by atoms with Crippen molar-refractivity contribution in [3.63, 3.8) is 0 Å². The molecule has 2 heterocycles. The smallest absolute Gasteiger partial charge is 0.312 e. The number of halogens is 1. The number of carboxylic acid groups (broad SMARTS) is 1. The van der Waals surface area contributed by atoms with Crippen LogP contribution in [0.5, 0.6) is 0 Å². The van der Waals surface area contributed by atoms with E-state index in [-0.39, 0.29) is 5.92 Å². The van der Waals surface area contributed by atoms with Crippen LogP contribution in [0.4, 0.5) is 0 Å². The van der Waals surface area contributed by atoms with Gasteiger partial charge in [0.25, 0.3) is 0 Å². The van der Waals surface area contributed by atoms with Crippen molar-refractivity contribution >= 4 is 21.9 Å². The maximum Gasteiger partial charge on any atom is 0.312 e. The Balaban J connectivity index is 2.43. The van der Waals surface area contributed by atoms with E-state index in [1.807, 2.05) is 4.57 Å². The maximum absolute atomic E-state index is 10.9. The topological polar surface area (TPSA) is 55.1 Å². The lowest BCUT2D eigenvalue weighted by atomic mass is 9.97. The number of hydrogen-bond donors (Lipinski definition) is 1. The second kappa shape index (κ2) is 3.14. The van der Waals surface area contributed by atoms with Crippen molar-refractivity contribution < 1.29 is 9.90 Å². The van der Waals surface area contributed by atoms with Gasteiger partial charge in [-0.05, 0) is 28.8 Å². The summed E-state index contributed by atoms with van der Waals surface area (Å²) in [5, 5.41) is 8.94. The van der Waals surface area contributed by atoms with Crippen molar-refractivity contribution in [3.8, 4) is 0 Å². The van der Waals surface area contributed by atoms with Crippen LogP contribution in [0, 0.1) is 0 Å². The van der Waals surface area contributed by atoms with Gasteiger partial charge in [-0.2, -0.15) is 0 Å². The van der Waals surface area contributed by atoms with Gasteiger partial charge in [-0.15, -0.1) is 0 Å². The minimum atomic E-state index is -0.756. The number of carboxylic acids is 1. The number of imidazole rings is 1. The summed E-state index contributed by atoms with van der Waals surface area (Å²) in [5.41, 5.74) is 0.811. The fraction of sp³-hybridized carbons (Fsp3) is 0.500.